The zero-order valence-corrected chi connectivity index (χ0v) is 10.5. The molecule has 0 aliphatic heterocycles. The highest BCUT2D eigenvalue weighted by Crippen LogP contribution is 2.13. The van der Waals surface area contributed by atoms with Crippen LogP contribution >= 0.6 is 15.9 Å². The van der Waals surface area contributed by atoms with Crippen molar-refractivity contribution in [3.63, 3.8) is 0 Å². The SMILES string of the molecule is CN(CCBr)c1nnnn1-c1ccccc1. The third kappa shape index (κ3) is 2.21. The van der Waals surface area contributed by atoms with E-state index < -0.39 is 0 Å². The fraction of sp³-hybridized carbons (Fsp3) is 0.300. The number of benzene rings is 1. The summed E-state index contributed by atoms with van der Waals surface area (Å²) in [5, 5.41) is 12.6. The second-order valence-electron chi connectivity index (χ2n) is 3.34. The molecule has 1 heterocycles. The van der Waals surface area contributed by atoms with Crippen molar-refractivity contribution in [3.05, 3.63) is 30.3 Å². The summed E-state index contributed by atoms with van der Waals surface area (Å²) >= 11 is 3.40. The molecule has 0 aliphatic rings. The van der Waals surface area contributed by atoms with E-state index in [1.54, 1.807) is 4.68 Å². The molecular formula is C10H12BrN5. The van der Waals surface area contributed by atoms with Gasteiger partial charge in [0.1, 0.15) is 0 Å². The Labute approximate surface area is 102 Å². The molecule has 0 atom stereocenters. The molecule has 0 saturated carbocycles. The summed E-state index contributed by atoms with van der Waals surface area (Å²) in [7, 11) is 1.96. The molecule has 16 heavy (non-hydrogen) atoms. The van der Waals surface area contributed by atoms with Crippen molar-refractivity contribution in [1.29, 1.82) is 0 Å². The van der Waals surface area contributed by atoms with Crippen LogP contribution in [0.2, 0.25) is 0 Å². The third-order valence-electron chi connectivity index (χ3n) is 2.22. The zero-order valence-electron chi connectivity index (χ0n) is 8.91. The number of nitrogens with zero attached hydrogens (tertiary/aromatic N) is 5. The molecule has 2 rings (SSSR count). The van der Waals surface area contributed by atoms with E-state index in [2.05, 4.69) is 31.5 Å². The fourth-order valence-corrected chi connectivity index (χ4v) is 1.92. The van der Waals surface area contributed by atoms with Gasteiger partial charge < -0.3 is 4.90 Å². The Morgan fingerprint density at radius 3 is 2.75 bits per heavy atom. The normalized spacial score (nSPS) is 10.4. The summed E-state index contributed by atoms with van der Waals surface area (Å²) in [5.41, 5.74) is 0.962. The first-order valence-corrected chi connectivity index (χ1v) is 6.06. The zero-order chi connectivity index (χ0) is 11.4. The number of tetrazole rings is 1. The van der Waals surface area contributed by atoms with E-state index in [9.17, 15) is 0 Å². The van der Waals surface area contributed by atoms with Gasteiger partial charge in [0.15, 0.2) is 0 Å². The van der Waals surface area contributed by atoms with Crippen LogP contribution in [0.25, 0.3) is 5.69 Å². The lowest BCUT2D eigenvalue weighted by atomic mass is 10.3. The Hall–Kier alpha value is -1.43. The second kappa shape index (κ2) is 5.07. The average molecular weight is 282 g/mol. The molecular weight excluding hydrogens is 270 g/mol. The predicted octanol–water partition coefficient (Wildman–Crippen LogP) is 1.49. The number of para-hydroxylation sites is 1. The molecule has 0 saturated heterocycles. The highest BCUT2D eigenvalue weighted by atomic mass is 79.9. The van der Waals surface area contributed by atoms with E-state index in [0.717, 1.165) is 23.5 Å². The second-order valence-corrected chi connectivity index (χ2v) is 4.13. The van der Waals surface area contributed by atoms with Crippen LogP contribution < -0.4 is 4.90 Å². The quantitative estimate of drug-likeness (QED) is 0.797. The summed E-state index contributed by atoms with van der Waals surface area (Å²) in [6.07, 6.45) is 0. The minimum Gasteiger partial charge on any atom is -0.342 e. The molecule has 0 spiro atoms. The third-order valence-corrected chi connectivity index (χ3v) is 2.57. The lowest BCUT2D eigenvalue weighted by molar-refractivity contribution is 0.778. The van der Waals surface area contributed by atoms with Gasteiger partial charge in [-0.2, -0.15) is 4.68 Å². The van der Waals surface area contributed by atoms with Gasteiger partial charge in [0.2, 0.25) is 5.95 Å². The van der Waals surface area contributed by atoms with Crippen LogP contribution in [-0.4, -0.2) is 39.1 Å². The molecule has 0 fully saturated rings. The number of anilines is 1. The maximum absolute atomic E-state index is 4.02. The first kappa shape index (κ1) is 11.1. The van der Waals surface area contributed by atoms with E-state index in [-0.39, 0.29) is 0 Å². The van der Waals surface area contributed by atoms with Crippen LogP contribution in [0, 0.1) is 0 Å². The van der Waals surface area contributed by atoms with Gasteiger partial charge in [-0.1, -0.05) is 39.2 Å². The molecule has 6 heteroatoms. The molecule has 0 N–H and O–H groups in total. The van der Waals surface area contributed by atoms with E-state index in [1.807, 2.05) is 42.3 Å². The number of halogens is 1. The Morgan fingerprint density at radius 2 is 2.06 bits per heavy atom. The first-order chi connectivity index (χ1) is 7.83. The Kier molecular flexibility index (Phi) is 3.51. The van der Waals surface area contributed by atoms with Crippen molar-refractivity contribution in [2.24, 2.45) is 0 Å². The van der Waals surface area contributed by atoms with E-state index in [0.29, 0.717) is 0 Å². The highest BCUT2D eigenvalue weighted by Gasteiger charge is 2.11. The van der Waals surface area contributed by atoms with Gasteiger partial charge in [-0.3, -0.25) is 0 Å². The molecule has 1 aromatic carbocycles. The Balaban J connectivity index is 2.33. The number of hydrogen-bond acceptors (Lipinski definition) is 4. The van der Waals surface area contributed by atoms with E-state index in [4.69, 9.17) is 0 Å². The summed E-state index contributed by atoms with van der Waals surface area (Å²) in [5.74, 6) is 0.741. The van der Waals surface area contributed by atoms with Gasteiger partial charge in [-0.15, -0.1) is 0 Å². The molecule has 5 nitrogen and oxygen atoms in total. The van der Waals surface area contributed by atoms with Gasteiger partial charge in [0, 0.05) is 18.9 Å². The fourth-order valence-electron chi connectivity index (χ4n) is 1.38. The highest BCUT2D eigenvalue weighted by molar-refractivity contribution is 9.09. The maximum atomic E-state index is 4.02. The van der Waals surface area contributed by atoms with Crippen LogP contribution in [0.1, 0.15) is 0 Å². The topological polar surface area (TPSA) is 46.8 Å². The number of rotatable bonds is 4. The lowest BCUT2D eigenvalue weighted by Gasteiger charge is -2.15. The van der Waals surface area contributed by atoms with Crippen molar-refractivity contribution >= 4 is 21.9 Å². The largest absolute Gasteiger partial charge is 0.342 e. The van der Waals surface area contributed by atoms with E-state index in [1.165, 1.54) is 0 Å². The maximum Gasteiger partial charge on any atom is 0.250 e. The van der Waals surface area contributed by atoms with Gasteiger partial charge in [0.05, 0.1) is 5.69 Å². The van der Waals surface area contributed by atoms with Crippen LogP contribution in [0.15, 0.2) is 30.3 Å². The summed E-state index contributed by atoms with van der Waals surface area (Å²) in [6, 6.07) is 9.84. The predicted molar refractivity (Wildman–Crippen MR) is 66.2 cm³/mol. The Bertz CT molecular complexity index is 441. The van der Waals surface area contributed by atoms with Crippen LogP contribution in [-0.2, 0) is 0 Å². The van der Waals surface area contributed by atoms with Crippen LogP contribution in [0.5, 0.6) is 0 Å². The van der Waals surface area contributed by atoms with Gasteiger partial charge in [-0.25, -0.2) is 0 Å². The van der Waals surface area contributed by atoms with Gasteiger partial charge in [0.25, 0.3) is 0 Å². The van der Waals surface area contributed by atoms with Crippen LogP contribution in [0.3, 0.4) is 0 Å². The van der Waals surface area contributed by atoms with Crippen molar-refractivity contribution < 1.29 is 0 Å². The molecule has 0 amide bonds. The molecule has 84 valence electrons. The van der Waals surface area contributed by atoms with Crippen molar-refractivity contribution in [2.75, 3.05) is 23.8 Å². The molecule has 0 radical (unpaired) electrons. The van der Waals surface area contributed by atoms with Crippen molar-refractivity contribution in [1.82, 2.24) is 20.2 Å². The van der Waals surface area contributed by atoms with Crippen molar-refractivity contribution in [3.8, 4) is 5.69 Å². The average Bonchev–Trinajstić information content (AvgIpc) is 2.79. The number of alkyl halides is 1. The number of hydrogen-bond donors (Lipinski definition) is 0. The Morgan fingerprint density at radius 1 is 1.31 bits per heavy atom. The minimum atomic E-state index is 0.741. The molecule has 1 aromatic heterocycles. The molecule has 0 unspecified atom stereocenters. The van der Waals surface area contributed by atoms with E-state index >= 15 is 0 Å². The van der Waals surface area contributed by atoms with Crippen LogP contribution in [0.4, 0.5) is 5.95 Å². The van der Waals surface area contributed by atoms with Gasteiger partial charge in [-0.05, 0) is 22.6 Å². The monoisotopic (exact) mass is 281 g/mol. The van der Waals surface area contributed by atoms with Gasteiger partial charge >= 0.3 is 0 Å². The number of aromatic nitrogens is 4. The smallest absolute Gasteiger partial charge is 0.250 e. The molecule has 0 aliphatic carbocycles. The summed E-state index contributed by atoms with van der Waals surface area (Å²) in [4.78, 5) is 2.00. The summed E-state index contributed by atoms with van der Waals surface area (Å²) in [6.45, 7) is 0.854. The minimum absolute atomic E-state index is 0.741. The first-order valence-electron chi connectivity index (χ1n) is 4.94. The standard InChI is InChI=1S/C10H12BrN5/c1-15(8-7-11)10-12-13-14-16(10)9-5-3-2-4-6-9/h2-6H,7-8H2,1H3. The molecule has 0 bridgehead atoms. The lowest BCUT2D eigenvalue weighted by Crippen LogP contribution is -2.23. The van der Waals surface area contributed by atoms with Crippen molar-refractivity contribution in [2.45, 2.75) is 0 Å². The molecule has 2 aromatic rings. The summed E-state index contributed by atoms with van der Waals surface area (Å²) < 4.78 is 1.72.